The van der Waals surface area contributed by atoms with Gasteiger partial charge in [0.15, 0.2) is 11.6 Å². The second-order valence-corrected chi connectivity index (χ2v) is 6.42. The highest BCUT2D eigenvalue weighted by molar-refractivity contribution is 6.04. The van der Waals surface area contributed by atoms with Crippen molar-refractivity contribution in [3.63, 3.8) is 0 Å². The zero-order valence-corrected chi connectivity index (χ0v) is 15.1. The van der Waals surface area contributed by atoms with Crippen LogP contribution in [0, 0.1) is 11.6 Å². The molecule has 0 amide bonds. The number of para-hydroxylation sites is 1. The Morgan fingerprint density at radius 3 is 2.28 bits per heavy atom. The third-order valence-corrected chi connectivity index (χ3v) is 4.53. The zero-order chi connectivity index (χ0) is 20.4. The Labute approximate surface area is 164 Å². The van der Waals surface area contributed by atoms with Crippen LogP contribution in [0.4, 0.5) is 8.78 Å². The van der Waals surface area contributed by atoms with Gasteiger partial charge < -0.3 is 4.74 Å². The van der Waals surface area contributed by atoms with Crippen LogP contribution in [0.3, 0.4) is 0 Å². The number of benzene rings is 3. The van der Waals surface area contributed by atoms with Crippen LogP contribution in [0.1, 0.15) is 15.9 Å². The predicted molar refractivity (Wildman–Crippen MR) is 105 cm³/mol. The van der Waals surface area contributed by atoms with E-state index in [2.05, 4.69) is 0 Å². The van der Waals surface area contributed by atoms with Gasteiger partial charge in [-0.15, -0.1) is 0 Å². The number of nitrogens with zero attached hydrogens (tertiary/aromatic N) is 1. The molecule has 0 aliphatic carbocycles. The molecule has 4 rings (SSSR count). The SMILES string of the molecule is O=C(OCc1ccc(F)c(F)c1)c1cn(-c2ccccc2)c(=O)c2ccccc12. The van der Waals surface area contributed by atoms with Crippen LogP contribution in [0.25, 0.3) is 16.5 Å². The minimum Gasteiger partial charge on any atom is -0.457 e. The van der Waals surface area contributed by atoms with Gasteiger partial charge in [0.2, 0.25) is 0 Å². The van der Waals surface area contributed by atoms with Crippen LogP contribution in [-0.2, 0) is 11.3 Å². The lowest BCUT2D eigenvalue weighted by molar-refractivity contribution is 0.0474. The number of hydrogen-bond donors (Lipinski definition) is 0. The largest absolute Gasteiger partial charge is 0.457 e. The fourth-order valence-corrected chi connectivity index (χ4v) is 3.09. The number of fused-ring (bicyclic) bond motifs is 1. The lowest BCUT2D eigenvalue weighted by Gasteiger charge is -2.12. The number of halogens is 2. The van der Waals surface area contributed by atoms with E-state index in [4.69, 9.17) is 4.74 Å². The number of ether oxygens (including phenoxy) is 1. The van der Waals surface area contributed by atoms with Gasteiger partial charge in [-0.05, 0) is 35.9 Å². The highest BCUT2D eigenvalue weighted by atomic mass is 19.2. The van der Waals surface area contributed by atoms with Gasteiger partial charge in [-0.2, -0.15) is 0 Å². The van der Waals surface area contributed by atoms with E-state index in [-0.39, 0.29) is 17.7 Å². The summed E-state index contributed by atoms with van der Waals surface area (Å²) < 4.78 is 33.1. The highest BCUT2D eigenvalue weighted by Crippen LogP contribution is 2.19. The number of pyridine rings is 1. The molecule has 0 saturated heterocycles. The molecule has 1 heterocycles. The molecule has 0 spiro atoms. The first-order valence-electron chi connectivity index (χ1n) is 8.85. The van der Waals surface area contributed by atoms with Crippen molar-refractivity contribution >= 4 is 16.7 Å². The third kappa shape index (κ3) is 3.65. The van der Waals surface area contributed by atoms with Gasteiger partial charge in [0.25, 0.3) is 5.56 Å². The summed E-state index contributed by atoms with van der Waals surface area (Å²) in [6.45, 7) is -0.227. The lowest BCUT2D eigenvalue weighted by atomic mass is 10.1. The molecule has 6 heteroatoms. The summed E-state index contributed by atoms with van der Waals surface area (Å²) in [4.78, 5) is 25.7. The smallest absolute Gasteiger partial charge is 0.340 e. The van der Waals surface area contributed by atoms with Crippen molar-refractivity contribution < 1.29 is 18.3 Å². The fraction of sp³-hybridized carbons (Fsp3) is 0.0435. The van der Waals surface area contributed by atoms with E-state index in [9.17, 15) is 18.4 Å². The quantitative estimate of drug-likeness (QED) is 0.477. The summed E-state index contributed by atoms with van der Waals surface area (Å²) in [5, 5.41) is 0.832. The van der Waals surface area contributed by atoms with Crippen molar-refractivity contribution in [1.29, 1.82) is 0 Å². The zero-order valence-electron chi connectivity index (χ0n) is 15.1. The second kappa shape index (κ2) is 7.67. The maximum atomic E-state index is 13.4. The number of carbonyl (C=O) groups is 1. The summed E-state index contributed by atoms with van der Waals surface area (Å²) in [6.07, 6.45) is 1.44. The Morgan fingerprint density at radius 2 is 1.55 bits per heavy atom. The average Bonchev–Trinajstić information content (AvgIpc) is 2.75. The minimum absolute atomic E-state index is 0.201. The molecule has 0 N–H and O–H groups in total. The monoisotopic (exact) mass is 391 g/mol. The summed E-state index contributed by atoms with van der Waals surface area (Å²) in [7, 11) is 0. The minimum atomic E-state index is -1.01. The fourth-order valence-electron chi connectivity index (χ4n) is 3.09. The number of carbonyl (C=O) groups excluding carboxylic acids is 1. The first kappa shape index (κ1) is 18.6. The molecule has 0 unspecified atom stereocenters. The Bertz CT molecular complexity index is 1270. The molecule has 0 aliphatic heterocycles. The van der Waals surface area contributed by atoms with Crippen molar-refractivity contribution in [2.75, 3.05) is 0 Å². The van der Waals surface area contributed by atoms with Gasteiger partial charge in [-0.1, -0.05) is 42.5 Å². The van der Waals surface area contributed by atoms with E-state index >= 15 is 0 Å². The first-order chi connectivity index (χ1) is 14.0. The van der Waals surface area contributed by atoms with Crippen molar-refractivity contribution in [2.45, 2.75) is 6.61 Å². The molecule has 0 bridgehead atoms. The van der Waals surface area contributed by atoms with Crippen molar-refractivity contribution in [2.24, 2.45) is 0 Å². The molecule has 0 fully saturated rings. The van der Waals surface area contributed by atoms with Crippen molar-refractivity contribution in [3.05, 3.63) is 112 Å². The molecule has 4 nitrogen and oxygen atoms in total. The van der Waals surface area contributed by atoms with E-state index in [0.717, 1.165) is 12.1 Å². The Morgan fingerprint density at radius 1 is 0.862 bits per heavy atom. The maximum Gasteiger partial charge on any atom is 0.340 e. The Balaban J connectivity index is 1.74. The van der Waals surface area contributed by atoms with Crippen LogP contribution in [0.2, 0.25) is 0 Å². The van der Waals surface area contributed by atoms with Gasteiger partial charge in [0.1, 0.15) is 6.61 Å². The molecule has 0 radical (unpaired) electrons. The molecule has 0 aliphatic rings. The lowest BCUT2D eigenvalue weighted by Crippen LogP contribution is -2.21. The summed E-state index contributed by atoms with van der Waals surface area (Å²) in [5.74, 6) is -2.65. The van der Waals surface area contributed by atoms with Gasteiger partial charge in [-0.3, -0.25) is 9.36 Å². The predicted octanol–water partition coefficient (Wildman–Crippen LogP) is 4.63. The average molecular weight is 391 g/mol. The molecular weight excluding hydrogens is 376 g/mol. The third-order valence-electron chi connectivity index (χ3n) is 4.53. The van der Waals surface area contributed by atoms with Gasteiger partial charge in [0, 0.05) is 22.7 Å². The second-order valence-electron chi connectivity index (χ2n) is 6.42. The molecule has 144 valence electrons. The van der Waals surface area contributed by atoms with Gasteiger partial charge in [0.05, 0.1) is 5.56 Å². The normalized spacial score (nSPS) is 10.8. The molecular formula is C23H15F2NO3. The van der Waals surface area contributed by atoms with Crippen LogP contribution in [0.15, 0.2) is 83.8 Å². The van der Waals surface area contributed by atoms with Crippen molar-refractivity contribution in [1.82, 2.24) is 4.57 Å². The molecule has 3 aromatic carbocycles. The number of esters is 1. The van der Waals surface area contributed by atoms with E-state index < -0.39 is 17.6 Å². The van der Waals surface area contributed by atoms with E-state index in [1.807, 2.05) is 6.07 Å². The maximum absolute atomic E-state index is 13.4. The topological polar surface area (TPSA) is 48.3 Å². The highest BCUT2D eigenvalue weighted by Gasteiger charge is 2.17. The molecule has 4 aromatic rings. The van der Waals surface area contributed by atoms with Crippen LogP contribution in [-0.4, -0.2) is 10.5 Å². The number of hydrogen-bond acceptors (Lipinski definition) is 3. The van der Waals surface area contributed by atoms with E-state index in [1.54, 1.807) is 48.5 Å². The van der Waals surface area contributed by atoms with E-state index in [0.29, 0.717) is 22.0 Å². The molecule has 0 saturated carbocycles. The molecule has 29 heavy (non-hydrogen) atoms. The summed E-state index contributed by atoms with van der Waals surface area (Å²) in [5.41, 5.74) is 0.867. The van der Waals surface area contributed by atoms with Crippen LogP contribution in [0.5, 0.6) is 0 Å². The molecule has 1 aromatic heterocycles. The van der Waals surface area contributed by atoms with Gasteiger partial charge >= 0.3 is 5.97 Å². The Kier molecular flexibility index (Phi) is 4.91. The molecule has 0 atom stereocenters. The number of aromatic nitrogens is 1. The summed E-state index contributed by atoms with van der Waals surface area (Å²) in [6, 6.07) is 19.0. The van der Waals surface area contributed by atoms with Crippen LogP contribution >= 0.6 is 0 Å². The number of rotatable bonds is 4. The van der Waals surface area contributed by atoms with Crippen LogP contribution < -0.4 is 5.56 Å². The first-order valence-corrected chi connectivity index (χ1v) is 8.85. The standard InChI is InChI=1S/C23H15F2NO3/c24-20-11-10-15(12-21(20)25)14-29-23(28)19-13-26(16-6-2-1-3-7-16)22(27)18-9-5-4-8-17(18)19/h1-13H,14H2. The van der Waals surface area contributed by atoms with Crippen molar-refractivity contribution in [3.8, 4) is 5.69 Å². The van der Waals surface area contributed by atoms with E-state index in [1.165, 1.54) is 16.8 Å². The summed E-state index contributed by atoms with van der Waals surface area (Å²) >= 11 is 0. The Hall–Kier alpha value is -3.80. The van der Waals surface area contributed by atoms with Gasteiger partial charge in [-0.25, -0.2) is 13.6 Å².